The Morgan fingerprint density at radius 1 is 1.41 bits per heavy atom. The van der Waals surface area contributed by atoms with Gasteiger partial charge >= 0.3 is 11.8 Å². The number of anilines is 3. The highest BCUT2D eigenvalue weighted by molar-refractivity contribution is 5.86. The van der Waals surface area contributed by atoms with Gasteiger partial charge in [0.25, 0.3) is 0 Å². The van der Waals surface area contributed by atoms with Crippen LogP contribution >= 0.6 is 0 Å². The van der Waals surface area contributed by atoms with Gasteiger partial charge in [0.15, 0.2) is 0 Å². The summed E-state index contributed by atoms with van der Waals surface area (Å²) >= 11 is 0. The van der Waals surface area contributed by atoms with Crippen LogP contribution in [0.3, 0.4) is 0 Å². The number of ether oxygens (including phenoxy) is 1. The number of aliphatic hydroxyl groups is 1. The maximum absolute atomic E-state index is 11.6. The molecule has 2 aromatic rings. The number of aromatic nitrogens is 1. The third-order valence-electron chi connectivity index (χ3n) is 3.71. The summed E-state index contributed by atoms with van der Waals surface area (Å²) in [7, 11) is 0. The van der Waals surface area contributed by atoms with Crippen molar-refractivity contribution in [1.29, 1.82) is 0 Å². The number of rotatable bonds is 7. The minimum absolute atomic E-state index is 0.0135. The molecule has 1 aromatic heterocycles. The molecule has 0 fully saturated rings. The number of nitrogens with one attached hydrogen (secondary N) is 2. The molecule has 0 aliphatic rings. The molecular weight excluding hydrogens is 354 g/mol. The standard InChI is InChI=1S/C17H21N5O5/c1-3-27-17(24)21-13-9-12(14(22(25)26)16(18)20-13)19-10(2)15(23)11-7-5-4-6-8-11/h4-10,15,23H,3H2,1-2H3,(H4,18,19,20,21,24)/t10-,15-/m0/s1. The van der Waals surface area contributed by atoms with Gasteiger partial charge in [-0.05, 0) is 19.4 Å². The largest absolute Gasteiger partial charge is 0.450 e. The van der Waals surface area contributed by atoms with Crippen LogP contribution in [-0.4, -0.2) is 33.8 Å². The molecule has 2 rings (SSSR count). The molecule has 1 amide bonds. The average Bonchev–Trinajstić information content (AvgIpc) is 2.61. The minimum atomic E-state index is -0.929. The second-order valence-corrected chi connectivity index (χ2v) is 5.68. The molecule has 0 radical (unpaired) electrons. The Morgan fingerprint density at radius 3 is 2.67 bits per heavy atom. The fraction of sp³-hybridized carbons (Fsp3) is 0.294. The van der Waals surface area contributed by atoms with Crippen molar-refractivity contribution >= 4 is 29.1 Å². The van der Waals surface area contributed by atoms with E-state index in [-0.39, 0.29) is 23.9 Å². The number of carbonyl (C=O) groups excluding carboxylic acids is 1. The van der Waals surface area contributed by atoms with Gasteiger partial charge in [0.2, 0.25) is 5.82 Å². The number of hydrogen-bond donors (Lipinski definition) is 4. The summed E-state index contributed by atoms with van der Waals surface area (Å²) in [6.45, 7) is 3.45. The maximum atomic E-state index is 11.6. The summed E-state index contributed by atoms with van der Waals surface area (Å²) in [5, 5.41) is 27.1. The molecule has 0 aliphatic heterocycles. The highest BCUT2D eigenvalue weighted by Crippen LogP contribution is 2.33. The smallest absolute Gasteiger partial charge is 0.412 e. The van der Waals surface area contributed by atoms with E-state index in [0.29, 0.717) is 5.56 Å². The summed E-state index contributed by atoms with van der Waals surface area (Å²) < 4.78 is 4.76. The van der Waals surface area contributed by atoms with E-state index in [1.807, 2.05) is 6.07 Å². The number of nitrogen functional groups attached to an aromatic ring is 1. The lowest BCUT2D eigenvalue weighted by Crippen LogP contribution is -2.25. The molecule has 1 aromatic carbocycles. The second kappa shape index (κ2) is 8.81. The van der Waals surface area contributed by atoms with Crippen LogP contribution in [0.4, 0.5) is 27.8 Å². The van der Waals surface area contributed by atoms with Gasteiger partial charge in [-0.1, -0.05) is 30.3 Å². The molecule has 10 heteroatoms. The van der Waals surface area contributed by atoms with Crippen molar-refractivity contribution in [3.63, 3.8) is 0 Å². The first-order valence-corrected chi connectivity index (χ1v) is 8.21. The van der Waals surface area contributed by atoms with Crippen molar-refractivity contribution in [2.24, 2.45) is 0 Å². The number of hydrogen-bond acceptors (Lipinski definition) is 8. The molecule has 10 nitrogen and oxygen atoms in total. The topological polar surface area (TPSA) is 153 Å². The van der Waals surface area contributed by atoms with Crippen molar-refractivity contribution < 1.29 is 19.6 Å². The van der Waals surface area contributed by atoms with Gasteiger partial charge in [-0.25, -0.2) is 9.78 Å². The summed E-state index contributed by atoms with van der Waals surface area (Å²) in [5.41, 5.74) is 5.90. The third-order valence-corrected chi connectivity index (χ3v) is 3.71. The van der Waals surface area contributed by atoms with Crippen molar-refractivity contribution in [2.75, 3.05) is 23.0 Å². The van der Waals surface area contributed by atoms with Gasteiger partial charge in [0.1, 0.15) is 11.5 Å². The van der Waals surface area contributed by atoms with Crippen LogP contribution in [0.15, 0.2) is 36.4 Å². The van der Waals surface area contributed by atoms with Gasteiger partial charge in [0, 0.05) is 6.07 Å². The van der Waals surface area contributed by atoms with Crippen LogP contribution in [-0.2, 0) is 4.74 Å². The van der Waals surface area contributed by atoms with E-state index in [1.165, 1.54) is 6.07 Å². The predicted octanol–water partition coefficient (Wildman–Crippen LogP) is 2.67. The number of carbonyl (C=O) groups is 1. The maximum Gasteiger partial charge on any atom is 0.412 e. The van der Waals surface area contributed by atoms with Gasteiger partial charge in [-0.2, -0.15) is 0 Å². The Kier molecular flexibility index (Phi) is 6.50. The fourth-order valence-electron chi connectivity index (χ4n) is 2.46. The predicted molar refractivity (Wildman–Crippen MR) is 100 cm³/mol. The number of amides is 1. The lowest BCUT2D eigenvalue weighted by atomic mass is 10.0. The molecule has 0 spiro atoms. The van der Waals surface area contributed by atoms with E-state index in [1.54, 1.807) is 38.1 Å². The van der Waals surface area contributed by atoms with Gasteiger partial charge in [-0.3, -0.25) is 15.4 Å². The molecular formula is C17H21N5O5. The van der Waals surface area contributed by atoms with E-state index in [9.17, 15) is 20.0 Å². The fourth-order valence-corrected chi connectivity index (χ4v) is 2.46. The highest BCUT2D eigenvalue weighted by Gasteiger charge is 2.25. The second-order valence-electron chi connectivity index (χ2n) is 5.68. The molecule has 0 aliphatic carbocycles. The van der Waals surface area contributed by atoms with Crippen LogP contribution in [0, 0.1) is 10.1 Å². The van der Waals surface area contributed by atoms with E-state index in [2.05, 4.69) is 15.6 Å². The first kappa shape index (κ1) is 19.9. The Balaban J connectivity index is 2.30. The van der Waals surface area contributed by atoms with Gasteiger partial charge < -0.3 is 20.9 Å². The zero-order chi connectivity index (χ0) is 20.0. The quantitative estimate of drug-likeness (QED) is 0.425. The first-order valence-electron chi connectivity index (χ1n) is 8.21. The number of nitrogens with two attached hydrogens (primary N) is 1. The van der Waals surface area contributed by atoms with Crippen molar-refractivity contribution in [2.45, 2.75) is 26.0 Å². The summed E-state index contributed by atoms with van der Waals surface area (Å²) in [4.78, 5) is 26.1. The van der Waals surface area contributed by atoms with Gasteiger partial charge in [-0.15, -0.1) is 0 Å². The zero-order valence-corrected chi connectivity index (χ0v) is 14.9. The molecule has 27 heavy (non-hydrogen) atoms. The monoisotopic (exact) mass is 375 g/mol. The molecule has 0 saturated carbocycles. The number of benzene rings is 1. The summed E-state index contributed by atoms with van der Waals surface area (Å²) in [5.74, 6) is -0.390. The number of nitrogens with zero attached hydrogens (tertiary/aromatic N) is 2. The molecule has 0 saturated heterocycles. The number of pyridine rings is 1. The van der Waals surface area contributed by atoms with Crippen molar-refractivity contribution in [3.05, 3.63) is 52.1 Å². The third kappa shape index (κ3) is 5.05. The Bertz CT molecular complexity index is 815. The molecule has 5 N–H and O–H groups in total. The normalized spacial score (nSPS) is 12.7. The Hall–Kier alpha value is -3.40. The van der Waals surface area contributed by atoms with E-state index >= 15 is 0 Å². The molecule has 0 bridgehead atoms. The van der Waals surface area contributed by atoms with Crippen LogP contribution in [0.2, 0.25) is 0 Å². The number of nitro groups is 1. The van der Waals surface area contributed by atoms with Crippen molar-refractivity contribution in [3.8, 4) is 0 Å². The summed E-state index contributed by atoms with van der Waals surface area (Å²) in [6, 6.07) is 9.52. The minimum Gasteiger partial charge on any atom is -0.450 e. The SMILES string of the molecule is CCOC(=O)Nc1cc(N[C@@H](C)[C@H](O)c2ccccc2)c([N+](=O)[O-])c(N)n1. The molecule has 0 unspecified atom stereocenters. The molecule has 1 heterocycles. The Labute approximate surface area is 155 Å². The first-order chi connectivity index (χ1) is 12.8. The van der Waals surface area contributed by atoms with Crippen molar-refractivity contribution in [1.82, 2.24) is 4.98 Å². The Morgan fingerprint density at radius 2 is 2.07 bits per heavy atom. The van der Waals surface area contributed by atoms with E-state index < -0.39 is 28.8 Å². The molecule has 144 valence electrons. The van der Waals surface area contributed by atoms with Crippen LogP contribution in [0.25, 0.3) is 0 Å². The van der Waals surface area contributed by atoms with E-state index in [0.717, 1.165) is 0 Å². The average molecular weight is 375 g/mol. The summed E-state index contributed by atoms with van der Waals surface area (Å²) in [6.07, 6.45) is -1.69. The number of aliphatic hydroxyl groups excluding tert-OH is 1. The van der Waals surface area contributed by atoms with Gasteiger partial charge in [0.05, 0.1) is 23.7 Å². The van der Waals surface area contributed by atoms with Crippen LogP contribution in [0.5, 0.6) is 0 Å². The zero-order valence-electron chi connectivity index (χ0n) is 14.9. The van der Waals surface area contributed by atoms with Crippen LogP contribution < -0.4 is 16.4 Å². The lowest BCUT2D eigenvalue weighted by Gasteiger charge is -2.22. The lowest BCUT2D eigenvalue weighted by molar-refractivity contribution is -0.383. The molecule has 2 atom stereocenters. The van der Waals surface area contributed by atoms with E-state index in [4.69, 9.17) is 10.5 Å². The van der Waals surface area contributed by atoms with Crippen LogP contribution in [0.1, 0.15) is 25.5 Å². The highest BCUT2D eigenvalue weighted by atomic mass is 16.6.